The van der Waals surface area contributed by atoms with Crippen molar-refractivity contribution in [3.8, 4) is 0 Å². The summed E-state index contributed by atoms with van der Waals surface area (Å²) >= 11 is 5.68. The molecule has 0 fully saturated rings. The van der Waals surface area contributed by atoms with Gasteiger partial charge in [-0.3, -0.25) is 4.79 Å². The van der Waals surface area contributed by atoms with Crippen molar-refractivity contribution in [1.82, 2.24) is 4.98 Å². The molecule has 1 aromatic heterocycles. The number of amides is 1. The van der Waals surface area contributed by atoms with Crippen molar-refractivity contribution in [3.05, 3.63) is 52.9 Å². The Morgan fingerprint density at radius 3 is 2.78 bits per heavy atom. The number of nitrogens with zero attached hydrogens (tertiary/aromatic N) is 1. The van der Waals surface area contributed by atoms with Crippen LogP contribution in [0.1, 0.15) is 10.5 Å². The van der Waals surface area contributed by atoms with E-state index in [-0.39, 0.29) is 22.2 Å². The molecule has 1 amide bonds. The predicted octanol–water partition coefficient (Wildman–Crippen LogP) is 2.71. The van der Waals surface area contributed by atoms with Crippen LogP contribution in [0.25, 0.3) is 0 Å². The van der Waals surface area contributed by atoms with Crippen LogP contribution in [-0.2, 0) is 0 Å². The van der Waals surface area contributed by atoms with Gasteiger partial charge in [-0.25, -0.2) is 9.37 Å². The van der Waals surface area contributed by atoms with Gasteiger partial charge in [-0.1, -0.05) is 17.7 Å². The summed E-state index contributed by atoms with van der Waals surface area (Å²) in [6.45, 7) is 0. The Morgan fingerprint density at radius 2 is 2.11 bits per heavy atom. The number of hydrogen-bond acceptors (Lipinski definition) is 3. The van der Waals surface area contributed by atoms with Crippen molar-refractivity contribution in [2.45, 2.75) is 0 Å². The van der Waals surface area contributed by atoms with Gasteiger partial charge in [-0.05, 0) is 30.3 Å². The highest BCUT2D eigenvalue weighted by molar-refractivity contribution is 6.31. The van der Waals surface area contributed by atoms with E-state index in [0.717, 1.165) is 12.1 Å². The summed E-state index contributed by atoms with van der Waals surface area (Å²) < 4.78 is 13.1. The molecule has 92 valence electrons. The van der Waals surface area contributed by atoms with E-state index in [9.17, 15) is 9.18 Å². The van der Waals surface area contributed by atoms with E-state index in [4.69, 9.17) is 17.3 Å². The van der Waals surface area contributed by atoms with Crippen LogP contribution in [0.4, 0.5) is 15.9 Å². The molecule has 18 heavy (non-hydrogen) atoms. The van der Waals surface area contributed by atoms with Crippen LogP contribution in [-0.4, -0.2) is 10.9 Å². The maximum absolute atomic E-state index is 13.1. The molecule has 3 N–H and O–H groups in total. The number of halogens is 2. The number of nitrogens with two attached hydrogens (primary N) is 1. The lowest BCUT2D eigenvalue weighted by Crippen LogP contribution is -2.14. The molecule has 0 saturated heterocycles. The SMILES string of the molecule is Nc1cccc(C(=O)Nc2cc(F)cc(Cl)c2)n1. The zero-order valence-electron chi connectivity index (χ0n) is 9.15. The van der Waals surface area contributed by atoms with Gasteiger partial charge in [-0.2, -0.15) is 0 Å². The second-order valence-corrected chi connectivity index (χ2v) is 4.00. The van der Waals surface area contributed by atoms with Gasteiger partial charge in [0.15, 0.2) is 0 Å². The first-order valence-electron chi connectivity index (χ1n) is 5.04. The standard InChI is InChI=1S/C12H9ClFN3O/c13-7-4-8(14)6-9(5-7)16-12(18)10-2-1-3-11(15)17-10/h1-6H,(H2,15,17)(H,16,18). The minimum atomic E-state index is -0.529. The number of anilines is 2. The molecule has 1 aromatic carbocycles. The summed E-state index contributed by atoms with van der Waals surface area (Å²) in [5, 5.41) is 2.69. The van der Waals surface area contributed by atoms with E-state index in [0.29, 0.717) is 0 Å². The number of nitrogen functional groups attached to an aromatic ring is 1. The number of pyridine rings is 1. The molecule has 0 aliphatic rings. The van der Waals surface area contributed by atoms with Crippen LogP contribution in [0.5, 0.6) is 0 Å². The van der Waals surface area contributed by atoms with Gasteiger partial charge < -0.3 is 11.1 Å². The fourth-order valence-electron chi connectivity index (χ4n) is 1.40. The smallest absolute Gasteiger partial charge is 0.274 e. The molecule has 0 bridgehead atoms. The lowest BCUT2D eigenvalue weighted by atomic mass is 10.3. The Labute approximate surface area is 108 Å². The van der Waals surface area contributed by atoms with Crippen LogP contribution in [0.3, 0.4) is 0 Å². The van der Waals surface area contributed by atoms with Crippen molar-refractivity contribution in [2.24, 2.45) is 0 Å². The third kappa shape index (κ3) is 2.95. The Hall–Kier alpha value is -2.14. The number of aromatic nitrogens is 1. The average molecular weight is 266 g/mol. The van der Waals surface area contributed by atoms with Crippen LogP contribution in [0.2, 0.25) is 5.02 Å². The van der Waals surface area contributed by atoms with Crippen molar-refractivity contribution in [3.63, 3.8) is 0 Å². The summed E-state index contributed by atoms with van der Waals surface area (Å²) in [4.78, 5) is 15.6. The lowest BCUT2D eigenvalue weighted by Gasteiger charge is -2.05. The second-order valence-electron chi connectivity index (χ2n) is 3.56. The molecule has 0 saturated carbocycles. The summed E-state index contributed by atoms with van der Waals surface area (Å²) in [5.74, 6) is -0.776. The minimum absolute atomic E-state index is 0.149. The fourth-order valence-corrected chi connectivity index (χ4v) is 1.62. The van der Waals surface area contributed by atoms with Crippen LogP contribution >= 0.6 is 11.6 Å². The van der Waals surface area contributed by atoms with Crippen molar-refractivity contribution < 1.29 is 9.18 Å². The number of carbonyl (C=O) groups excluding carboxylic acids is 1. The average Bonchev–Trinajstić information content (AvgIpc) is 2.27. The molecule has 0 radical (unpaired) electrons. The first kappa shape index (κ1) is 12.3. The van der Waals surface area contributed by atoms with E-state index < -0.39 is 11.7 Å². The molecule has 0 unspecified atom stereocenters. The van der Waals surface area contributed by atoms with Crippen LogP contribution in [0, 0.1) is 5.82 Å². The molecule has 2 aromatic rings. The maximum atomic E-state index is 13.1. The molecule has 2 rings (SSSR count). The van der Waals surface area contributed by atoms with Gasteiger partial charge in [0.25, 0.3) is 5.91 Å². The highest BCUT2D eigenvalue weighted by Gasteiger charge is 2.09. The molecule has 0 atom stereocenters. The third-order valence-electron chi connectivity index (χ3n) is 2.12. The lowest BCUT2D eigenvalue weighted by molar-refractivity contribution is 0.102. The molecular weight excluding hydrogens is 257 g/mol. The quantitative estimate of drug-likeness (QED) is 0.877. The molecule has 4 nitrogen and oxygen atoms in total. The molecule has 1 heterocycles. The van der Waals surface area contributed by atoms with Gasteiger partial charge in [0.1, 0.15) is 17.3 Å². The molecule has 6 heteroatoms. The monoisotopic (exact) mass is 265 g/mol. The van der Waals surface area contributed by atoms with Gasteiger partial charge >= 0.3 is 0 Å². The number of nitrogens with one attached hydrogen (secondary N) is 1. The van der Waals surface area contributed by atoms with E-state index >= 15 is 0 Å². The van der Waals surface area contributed by atoms with Crippen molar-refractivity contribution in [1.29, 1.82) is 0 Å². The van der Waals surface area contributed by atoms with E-state index in [1.807, 2.05) is 0 Å². The highest BCUT2D eigenvalue weighted by atomic mass is 35.5. The summed E-state index contributed by atoms with van der Waals surface area (Å²) in [6, 6.07) is 8.43. The first-order chi connectivity index (χ1) is 8.54. The summed E-state index contributed by atoms with van der Waals surface area (Å²) in [7, 11) is 0. The van der Waals surface area contributed by atoms with Crippen molar-refractivity contribution in [2.75, 3.05) is 11.1 Å². The van der Waals surface area contributed by atoms with Crippen LogP contribution < -0.4 is 11.1 Å². The van der Waals surface area contributed by atoms with Crippen molar-refractivity contribution >= 4 is 29.0 Å². The molecule has 0 spiro atoms. The van der Waals surface area contributed by atoms with E-state index in [1.165, 1.54) is 12.1 Å². The number of rotatable bonds is 2. The molecule has 0 aliphatic carbocycles. The number of hydrogen-bond donors (Lipinski definition) is 2. The molecule has 0 aliphatic heterocycles. The largest absolute Gasteiger partial charge is 0.384 e. The Balaban J connectivity index is 2.21. The van der Waals surface area contributed by atoms with Gasteiger partial charge in [0.05, 0.1) is 0 Å². The zero-order chi connectivity index (χ0) is 13.1. The first-order valence-corrected chi connectivity index (χ1v) is 5.42. The Morgan fingerprint density at radius 1 is 1.33 bits per heavy atom. The van der Waals surface area contributed by atoms with Gasteiger partial charge in [0.2, 0.25) is 0 Å². The number of carbonyl (C=O) groups is 1. The minimum Gasteiger partial charge on any atom is -0.384 e. The van der Waals surface area contributed by atoms with E-state index in [1.54, 1.807) is 12.1 Å². The zero-order valence-corrected chi connectivity index (χ0v) is 9.91. The van der Waals surface area contributed by atoms with Crippen LogP contribution in [0.15, 0.2) is 36.4 Å². The summed E-state index contributed by atoms with van der Waals surface area (Å²) in [6.07, 6.45) is 0. The highest BCUT2D eigenvalue weighted by Crippen LogP contribution is 2.18. The Bertz CT molecular complexity index is 583. The van der Waals surface area contributed by atoms with E-state index in [2.05, 4.69) is 10.3 Å². The normalized spacial score (nSPS) is 10.1. The summed E-state index contributed by atoms with van der Waals surface area (Å²) in [5.41, 5.74) is 5.87. The Kier molecular flexibility index (Phi) is 3.43. The molecular formula is C12H9ClFN3O. The second kappa shape index (κ2) is 5.01. The van der Waals surface area contributed by atoms with Gasteiger partial charge in [-0.15, -0.1) is 0 Å². The van der Waals surface area contributed by atoms with Gasteiger partial charge in [0, 0.05) is 10.7 Å². The topological polar surface area (TPSA) is 68.0 Å². The third-order valence-corrected chi connectivity index (χ3v) is 2.34. The fraction of sp³-hybridized carbons (Fsp3) is 0. The maximum Gasteiger partial charge on any atom is 0.274 e. The predicted molar refractivity (Wildman–Crippen MR) is 68.0 cm³/mol. The number of benzene rings is 1.